The SMILES string of the molecule is CC/C=C\C/C=C\C/C=C\C/C=C\C/C=C\CCCCCC(=O)OC(COC(=O)CCCCCCCCC/C=C\CCCCCCCCC)COC(=O)CCCCCCCCCCCCCCCCCCCCCCC. The molecular weight excluding hydrogens is 937 g/mol. The van der Waals surface area contributed by atoms with Gasteiger partial charge in [-0.25, -0.2) is 0 Å². The number of rotatable bonds is 60. The molecule has 0 aromatic heterocycles. The van der Waals surface area contributed by atoms with E-state index in [1.807, 2.05) is 0 Å². The van der Waals surface area contributed by atoms with Crippen LogP contribution in [0, 0.1) is 0 Å². The predicted octanol–water partition coefficient (Wildman–Crippen LogP) is 22.5. The summed E-state index contributed by atoms with van der Waals surface area (Å²) < 4.78 is 16.9. The third-order valence-electron chi connectivity index (χ3n) is 14.4. The fourth-order valence-corrected chi connectivity index (χ4v) is 9.53. The molecule has 0 bridgehead atoms. The van der Waals surface area contributed by atoms with Crippen LogP contribution in [0.3, 0.4) is 0 Å². The Kier molecular flexibility index (Phi) is 61.7. The van der Waals surface area contributed by atoms with E-state index in [0.29, 0.717) is 19.3 Å². The zero-order valence-electron chi connectivity index (χ0n) is 50.5. The van der Waals surface area contributed by atoms with Gasteiger partial charge in [0.2, 0.25) is 0 Å². The van der Waals surface area contributed by atoms with Crippen LogP contribution in [0.1, 0.15) is 335 Å². The lowest BCUT2D eigenvalue weighted by Crippen LogP contribution is -2.30. The van der Waals surface area contributed by atoms with E-state index < -0.39 is 6.10 Å². The minimum atomic E-state index is -0.795. The first-order valence-corrected chi connectivity index (χ1v) is 32.9. The first-order valence-electron chi connectivity index (χ1n) is 32.9. The van der Waals surface area contributed by atoms with Crippen LogP contribution >= 0.6 is 0 Å². The van der Waals surface area contributed by atoms with Crippen molar-refractivity contribution in [3.63, 3.8) is 0 Å². The Balaban J connectivity index is 4.40. The second kappa shape index (κ2) is 64.4. The molecule has 0 aliphatic rings. The van der Waals surface area contributed by atoms with E-state index >= 15 is 0 Å². The summed E-state index contributed by atoms with van der Waals surface area (Å²) in [5.41, 5.74) is 0. The minimum absolute atomic E-state index is 0.0871. The van der Waals surface area contributed by atoms with Crippen LogP contribution in [0.4, 0.5) is 0 Å². The summed E-state index contributed by atoms with van der Waals surface area (Å²) in [4.78, 5) is 38.4. The average molecular weight is 1060 g/mol. The Bertz CT molecular complexity index is 1400. The van der Waals surface area contributed by atoms with Crippen molar-refractivity contribution in [2.75, 3.05) is 13.2 Å². The van der Waals surface area contributed by atoms with Crippen molar-refractivity contribution in [3.8, 4) is 0 Å². The zero-order chi connectivity index (χ0) is 55.0. The van der Waals surface area contributed by atoms with Gasteiger partial charge in [-0.15, -0.1) is 0 Å². The van der Waals surface area contributed by atoms with Gasteiger partial charge in [-0.3, -0.25) is 14.4 Å². The molecule has 0 aromatic rings. The Morgan fingerprint density at radius 3 is 0.829 bits per heavy atom. The van der Waals surface area contributed by atoms with Gasteiger partial charge in [-0.05, 0) is 89.9 Å². The molecule has 1 atom stereocenters. The summed E-state index contributed by atoms with van der Waals surface area (Å²) in [7, 11) is 0. The molecule has 0 radical (unpaired) electrons. The Labute approximate surface area is 472 Å². The van der Waals surface area contributed by atoms with Crippen LogP contribution in [-0.2, 0) is 28.6 Å². The van der Waals surface area contributed by atoms with Gasteiger partial charge in [0.15, 0.2) is 6.10 Å². The van der Waals surface area contributed by atoms with E-state index in [2.05, 4.69) is 93.7 Å². The molecule has 6 nitrogen and oxygen atoms in total. The quantitative estimate of drug-likeness (QED) is 0.0261. The van der Waals surface area contributed by atoms with Crippen LogP contribution in [-0.4, -0.2) is 37.2 Å². The lowest BCUT2D eigenvalue weighted by molar-refractivity contribution is -0.167. The van der Waals surface area contributed by atoms with Crippen LogP contribution < -0.4 is 0 Å². The molecule has 6 heteroatoms. The van der Waals surface area contributed by atoms with Crippen molar-refractivity contribution in [2.24, 2.45) is 0 Å². The van der Waals surface area contributed by atoms with E-state index in [-0.39, 0.29) is 31.1 Å². The first kappa shape index (κ1) is 72.8. The normalized spacial score (nSPS) is 12.5. The lowest BCUT2D eigenvalue weighted by Gasteiger charge is -2.18. The summed E-state index contributed by atoms with van der Waals surface area (Å²) >= 11 is 0. The van der Waals surface area contributed by atoms with Crippen molar-refractivity contribution >= 4 is 17.9 Å². The Morgan fingerprint density at radius 1 is 0.276 bits per heavy atom. The molecule has 0 N–H and O–H groups in total. The summed E-state index contributed by atoms with van der Waals surface area (Å²) in [5.74, 6) is -0.906. The van der Waals surface area contributed by atoms with E-state index in [1.54, 1.807) is 0 Å². The van der Waals surface area contributed by atoms with Gasteiger partial charge < -0.3 is 14.2 Å². The number of allylic oxidation sites excluding steroid dienone is 12. The smallest absolute Gasteiger partial charge is 0.306 e. The number of hydrogen-bond donors (Lipinski definition) is 0. The molecule has 0 rings (SSSR count). The molecule has 76 heavy (non-hydrogen) atoms. The van der Waals surface area contributed by atoms with E-state index in [1.165, 1.54) is 199 Å². The third-order valence-corrected chi connectivity index (χ3v) is 14.4. The van der Waals surface area contributed by atoms with Crippen molar-refractivity contribution in [2.45, 2.75) is 341 Å². The first-order chi connectivity index (χ1) is 37.5. The molecule has 0 saturated heterocycles. The molecule has 0 aliphatic heterocycles. The zero-order valence-corrected chi connectivity index (χ0v) is 50.5. The topological polar surface area (TPSA) is 78.9 Å². The van der Waals surface area contributed by atoms with Gasteiger partial charge in [0.1, 0.15) is 13.2 Å². The van der Waals surface area contributed by atoms with Crippen LogP contribution in [0.15, 0.2) is 72.9 Å². The largest absolute Gasteiger partial charge is 0.462 e. The predicted molar refractivity (Wildman–Crippen MR) is 330 cm³/mol. The highest BCUT2D eigenvalue weighted by molar-refractivity contribution is 5.71. The molecule has 0 heterocycles. The van der Waals surface area contributed by atoms with Crippen LogP contribution in [0.5, 0.6) is 0 Å². The third kappa shape index (κ3) is 61.7. The molecule has 0 spiro atoms. The summed E-state index contributed by atoms with van der Waals surface area (Å²) in [5, 5.41) is 0. The van der Waals surface area contributed by atoms with E-state index in [9.17, 15) is 14.4 Å². The highest BCUT2D eigenvalue weighted by Gasteiger charge is 2.19. The van der Waals surface area contributed by atoms with Gasteiger partial charge in [0.25, 0.3) is 0 Å². The van der Waals surface area contributed by atoms with Gasteiger partial charge in [0, 0.05) is 19.3 Å². The second-order valence-corrected chi connectivity index (χ2v) is 22.0. The fourth-order valence-electron chi connectivity index (χ4n) is 9.53. The van der Waals surface area contributed by atoms with Gasteiger partial charge in [-0.2, -0.15) is 0 Å². The molecule has 0 saturated carbocycles. The molecule has 440 valence electrons. The Hall–Kier alpha value is -3.15. The molecule has 0 amide bonds. The monoisotopic (exact) mass is 1060 g/mol. The molecule has 0 aliphatic carbocycles. The number of esters is 3. The summed E-state index contributed by atoms with van der Waals surface area (Å²) in [6.07, 6.45) is 83.4. The van der Waals surface area contributed by atoms with Gasteiger partial charge >= 0.3 is 17.9 Å². The van der Waals surface area contributed by atoms with Gasteiger partial charge in [0.05, 0.1) is 0 Å². The van der Waals surface area contributed by atoms with Crippen molar-refractivity contribution in [1.29, 1.82) is 0 Å². The number of carbonyl (C=O) groups excluding carboxylic acids is 3. The molecule has 0 fully saturated rings. The number of hydrogen-bond acceptors (Lipinski definition) is 6. The van der Waals surface area contributed by atoms with Crippen molar-refractivity contribution in [1.82, 2.24) is 0 Å². The average Bonchev–Trinajstić information content (AvgIpc) is 3.42. The second-order valence-electron chi connectivity index (χ2n) is 22.0. The molecular formula is C70H124O6. The number of ether oxygens (including phenoxy) is 3. The van der Waals surface area contributed by atoms with Crippen molar-refractivity contribution in [3.05, 3.63) is 72.9 Å². The lowest BCUT2D eigenvalue weighted by atomic mass is 10.0. The number of carbonyl (C=O) groups is 3. The highest BCUT2D eigenvalue weighted by atomic mass is 16.6. The maximum Gasteiger partial charge on any atom is 0.306 e. The highest BCUT2D eigenvalue weighted by Crippen LogP contribution is 2.17. The maximum atomic E-state index is 12.9. The summed E-state index contributed by atoms with van der Waals surface area (Å²) in [6, 6.07) is 0. The molecule has 0 aromatic carbocycles. The Morgan fingerprint density at radius 2 is 0.513 bits per heavy atom. The van der Waals surface area contributed by atoms with Crippen LogP contribution in [0.2, 0.25) is 0 Å². The van der Waals surface area contributed by atoms with Gasteiger partial charge in [-0.1, -0.05) is 299 Å². The van der Waals surface area contributed by atoms with E-state index in [0.717, 1.165) is 96.3 Å². The van der Waals surface area contributed by atoms with Crippen molar-refractivity contribution < 1.29 is 28.6 Å². The standard InChI is InChI=1S/C70H124O6/c1-4-7-10-13-16-19-22-25-28-31-34-35-37-39-42-45-48-51-54-57-60-63-69(72)75-66-67(65-74-68(71)62-59-56-53-50-47-44-41-38-33-30-27-24-21-18-15-12-9-6-3)76-70(73)64-61-58-55-52-49-46-43-40-36-32-29-26-23-20-17-14-11-8-5-2/h8,11,17,20,26,29-30,33,36,40,46,49,67H,4-7,9-10,12-16,18-19,21-25,27-28,31-32,34-35,37-39,41-45,47-48,50-66H2,1-3H3/b11-8-,20-17-,29-26-,33-30-,40-36-,49-46-. The minimum Gasteiger partial charge on any atom is -0.462 e. The molecule has 1 unspecified atom stereocenters. The number of unbranched alkanes of at least 4 members (excludes halogenated alkanes) is 37. The van der Waals surface area contributed by atoms with E-state index in [4.69, 9.17) is 14.2 Å². The maximum absolute atomic E-state index is 12.9. The fraction of sp³-hybridized carbons (Fsp3) is 0.786. The summed E-state index contributed by atoms with van der Waals surface area (Å²) in [6.45, 7) is 6.55. The van der Waals surface area contributed by atoms with Crippen LogP contribution in [0.25, 0.3) is 0 Å².